The maximum absolute atomic E-state index is 13.7. The van der Waals surface area contributed by atoms with E-state index in [1.807, 2.05) is 30.3 Å². The predicted octanol–water partition coefficient (Wildman–Crippen LogP) is 4.08. The second-order valence-corrected chi connectivity index (χ2v) is 11.1. The van der Waals surface area contributed by atoms with Crippen molar-refractivity contribution in [1.82, 2.24) is 10.6 Å². The fraction of sp³-hybridized carbons (Fsp3) is 0.412. The van der Waals surface area contributed by atoms with E-state index in [2.05, 4.69) is 27.7 Å². The van der Waals surface area contributed by atoms with Crippen LogP contribution in [0.4, 0.5) is 15.8 Å². The summed E-state index contributed by atoms with van der Waals surface area (Å²) in [7, 11) is 0. The number of fused-ring (bicyclic) bond motifs is 1. The molecule has 3 aromatic carbocycles. The summed E-state index contributed by atoms with van der Waals surface area (Å²) < 4.78 is 31.4. The van der Waals surface area contributed by atoms with Crippen molar-refractivity contribution in [1.29, 1.82) is 0 Å². The Morgan fingerprint density at radius 1 is 1.05 bits per heavy atom. The summed E-state index contributed by atoms with van der Waals surface area (Å²) >= 11 is 0. The molecule has 0 aliphatic carbocycles. The third kappa shape index (κ3) is 8.48. The number of hydrogen-bond donors (Lipinski definition) is 2. The normalized spacial score (nSPS) is 16.4. The van der Waals surface area contributed by atoms with Gasteiger partial charge in [-0.1, -0.05) is 24.3 Å². The van der Waals surface area contributed by atoms with Crippen molar-refractivity contribution in [3.63, 3.8) is 0 Å². The van der Waals surface area contributed by atoms with E-state index < -0.39 is 0 Å². The first kappa shape index (κ1) is 31.3. The number of carbonyl (C=O) groups is 2. The Morgan fingerprint density at radius 3 is 2.68 bits per heavy atom. The van der Waals surface area contributed by atoms with Gasteiger partial charge in [-0.25, -0.2) is 4.39 Å². The van der Waals surface area contributed by atoms with Crippen molar-refractivity contribution in [3.8, 4) is 11.5 Å². The molecule has 2 aliphatic heterocycles. The van der Waals surface area contributed by atoms with Crippen LogP contribution < -0.4 is 29.9 Å². The highest BCUT2D eigenvalue weighted by atomic mass is 19.1. The highest BCUT2D eigenvalue weighted by molar-refractivity contribution is 5.96. The Hall–Kier alpha value is -4.15. The van der Waals surface area contributed by atoms with Gasteiger partial charge < -0.3 is 34.6 Å². The summed E-state index contributed by atoms with van der Waals surface area (Å²) in [5, 5.41) is 6.09. The molecule has 10 heteroatoms. The molecule has 2 heterocycles. The van der Waals surface area contributed by atoms with Crippen molar-refractivity contribution in [2.24, 2.45) is 0 Å². The number of aryl methyl sites for hydroxylation is 1. The van der Waals surface area contributed by atoms with Crippen LogP contribution in [0.1, 0.15) is 30.9 Å². The van der Waals surface area contributed by atoms with Gasteiger partial charge in [0.15, 0.2) is 0 Å². The maximum atomic E-state index is 13.7. The minimum atomic E-state index is -0.262. The lowest BCUT2D eigenvalue weighted by molar-refractivity contribution is -0.120. The van der Waals surface area contributed by atoms with Crippen LogP contribution in [0, 0.1) is 5.82 Å². The second-order valence-electron chi connectivity index (χ2n) is 11.1. The Bertz CT molecular complexity index is 1400. The van der Waals surface area contributed by atoms with Crippen LogP contribution in [-0.4, -0.2) is 70.4 Å². The number of rotatable bonds is 14. The van der Waals surface area contributed by atoms with Crippen molar-refractivity contribution in [3.05, 3.63) is 83.7 Å². The molecule has 0 aromatic heterocycles. The molecular formula is C34H41FN4O5. The molecule has 44 heavy (non-hydrogen) atoms. The van der Waals surface area contributed by atoms with E-state index >= 15 is 0 Å². The smallest absolute Gasteiger partial charge is 0.241 e. The molecule has 0 saturated carbocycles. The number of hydrogen-bond acceptors (Lipinski definition) is 7. The standard InChI is InChI=1S/C34H41FN4O5/c1-25(40)37-15-17-38-16-4-7-26-9-12-31(20-33(26)38)44-24-29-21-36-22-34(41)39(29)28-10-13-30(14-11-28)43-19-5-18-42-23-27-6-2-3-8-32(27)35/h2-3,6,8-14,20,29,36H,4-5,7,15-19,21-24H2,1H3,(H,37,40)/t29-/m1/s1. The number of piperazine rings is 1. The van der Waals surface area contributed by atoms with Crippen molar-refractivity contribution < 1.29 is 28.2 Å². The molecule has 1 saturated heterocycles. The number of nitrogens with zero attached hydrogens (tertiary/aromatic N) is 2. The Balaban J connectivity index is 1.12. The van der Waals surface area contributed by atoms with E-state index in [9.17, 15) is 14.0 Å². The third-order valence-electron chi connectivity index (χ3n) is 7.79. The van der Waals surface area contributed by atoms with Gasteiger partial charge in [-0.3, -0.25) is 9.59 Å². The average Bonchev–Trinajstić information content (AvgIpc) is 3.03. The third-order valence-corrected chi connectivity index (χ3v) is 7.79. The number of amides is 2. The van der Waals surface area contributed by atoms with E-state index in [0.717, 1.165) is 43.1 Å². The molecule has 2 N–H and O–H groups in total. The lowest BCUT2D eigenvalue weighted by Crippen LogP contribution is -2.57. The molecule has 0 unspecified atom stereocenters. The van der Waals surface area contributed by atoms with Gasteiger partial charge in [0.1, 0.15) is 23.9 Å². The zero-order valence-electron chi connectivity index (χ0n) is 25.2. The van der Waals surface area contributed by atoms with Crippen LogP contribution in [0.25, 0.3) is 0 Å². The monoisotopic (exact) mass is 604 g/mol. The fourth-order valence-corrected chi connectivity index (χ4v) is 5.58. The average molecular weight is 605 g/mol. The first-order valence-corrected chi connectivity index (χ1v) is 15.3. The summed E-state index contributed by atoms with van der Waals surface area (Å²) in [4.78, 5) is 28.4. The molecule has 5 rings (SSSR count). The van der Waals surface area contributed by atoms with Gasteiger partial charge in [-0.15, -0.1) is 0 Å². The minimum Gasteiger partial charge on any atom is -0.494 e. The van der Waals surface area contributed by atoms with Crippen LogP contribution in [0.3, 0.4) is 0 Å². The van der Waals surface area contributed by atoms with Gasteiger partial charge in [0.25, 0.3) is 0 Å². The first-order valence-electron chi connectivity index (χ1n) is 15.3. The van der Waals surface area contributed by atoms with Crippen LogP contribution in [0.2, 0.25) is 0 Å². The second kappa shape index (κ2) is 15.5. The van der Waals surface area contributed by atoms with Crippen LogP contribution in [0.5, 0.6) is 11.5 Å². The number of ether oxygens (including phenoxy) is 3. The first-order chi connectivity index (χ1) is 21.5. The van der Waals surface area contributed by atoms with E-state index in [4.69, 9.17) is 14.2 Å². The highest BCUT2D eigenvalue weighted by Gasteiger charge is 2.30. The van der Waals surface area contributed by atoms with Crippen molar-refractivity contribution in [2.75, 3.05) is 62.3 Å². The van der Waals surface area contributed by atoms with Crippen LogP contribution in [0.15, 0.2) is 66.7 Å². The topological polar surface area (TPSA) is 92.4 Å². The van der Waals surface area contributed by atoms with Gasteiger partial charge in [-0.05, 0) is 54.8 Å². The zero-order valence-corrected chi connectivity index (χ0v) is 25.2. The van der Waals surface area contributed by atoms with E-state index in [1.54, 1.807) is 23.1 Å². The molecule has 1 fully saturated rings. The van der Waals surface area contributed by atoms with Crippen molar-refractivity contribution in [2.45, 2.75) is 38.8 Å². The molecule has 3 aromatic rings. The molecule has 2 aliphatic rings. The zero-order chi connectivity index (χ0) is 30.7. The molecule has 234 valence electrons. The van der Waals surface area contributed by atoms with E-state index in [1.165, 1.54) is 18.6 Å². The quantitative estimate of drug-likeness (QED) is 0.268. The largest absolute Gasteiger partial charge is 0.494 e. The maximum Gasteiger partial charge on any atom is 0.241 e. The SMILES string of the molecule is CC(=O)NCCN1CCCc2ccc(OC[C@H]3CNCC(=O)N3c3ccc(OCCCOCc4ccccc4F)cc3)cc21. The van der Waals surface area contributed by atoms with Crippen molar-refractivity contribution >= 4 is 23.2 Å². The molecule has 9 nitrogen and oxygen atoms in total. The summed E-state index contributed by atoms with van der Waals surface area (Å²) in [6.45, 7) is 6.19. The number of nitrogens with one attached hydrogen (secondary N) is 2. The Morgan fingerprint density at radius 2 is 1.86 bits per heavy atom. The van der Waals surface area contributed by atoms with Crippen LogP contribution in [-0.2, 0) is 27.4 Å². The van der Waals surface area contributed by atoms with Crippen LogP contribution >= 0.6 is 0 Å². The molecule has 0 spiro atoms. The molecule has 1 atom stereocenters. The van der Waals surface area contributed by atoms with Gasteiger partial charge in [-0.2, -0.15) is 0 Å². The minimum absolute atomic E-state index is 0.0138. The Kier molecular flexibility index (Phi) is 11.0. The summed E-state index contributed by atoms with van der Waals surface area (Å²) in [5.41, 5.74) is 3.75. The Labute approximate surface area is 258 Å². The number of anilines is 2. The molecule has 0 bridgehead atoms. The van der Waals surface area contributed by atoms with Gasteiger partial charge >= 0.3 is 0 Å². The van der Waals surface area contributed by atoms with Gasteiger partial charge in [0, 0.05) is 62.5 Å². The lowest BCUT2D eigenvalue weighted by Gasteiger charge is -2.36. The molecular weight excluding hydrogens is 563 g/mol. The number of carbonyl (C=O) groups excluding carboxylic acids is 2. The summed E-state index contributed by atoms with van der Waals surface area (Å²) in [5.74, 6) is 1.16. The number of benzene rings is 3. The number of halogens is 1. The van der Waals surface area contributed by atoms with E-state index in [-0.39, 0.29) is 36.8 Å². The summed E-state index contributed by atoms with van der Waals surface area (Å²) in [6, 6.07) is 20.1. The van der Waals surface area contributed by atoms with Gasteiger partial charge in [0.2, 0.25) is 11.8 Å². The summed E-state index contributed by atoms with van der Waals surface area (Å²) in [6.07, 6.45) is 2.76. The van der Waals surface area contributed by atoms with E-state index in [0.29, 0.717) is 50.6 Å². The predicted molar refractivity (Wildman–Crippen MR) is 168 cm³/mol. The molecule has 0 radical (unpaired) electrons. The molecule has 2 amide bonds. The highest BCUT2D eigenvalue weighted by Crippen LogP contribution is 2.31. The fourth-order valence-electron chi connectivity index (χ4n) is 5.58. The lowest BCUT2D eigenvalue weighted by atomic mass is 10.0. The van der Waals surface area contributed by atoms with Gasteiger partial charge in [0.05, 0.1) is 32.4 Å².